The van der Waals surface area contributed by atoms with Gasteiger partial charge in [-0.2, -0.15) is 11.8 Å². The quantitative estimate of drug-likeness (QED) is 0.432. The van der Waals surface area contributed by atoms with Crippen LogP contribution in [0.2, 0.25) is 0 Å². The SMILES string of the molecule is CSc1ccccc1-c1cnc(Cn2c3c(c(O)c(C(=O)NCC(=O)O)c2=O)CSC3)cn1. The Hall–Kier alpha value is -3.31. The fourth-order valence-electron chi connectivity index (χ4n) is 3.59. The molecule has 0 saturated carbocycles. The lowest BCUT2D eigenvalue weighted by Crippen LogP contribution is -2.37. The molecule has 1 amide bonds. The Kier molecular flexibility index (Phi) is 6.70. The summed E-state index contributed by atoms with van der Waals surface area (Å²) in [6.45, 7) is -0.591. The minimum absolute atomic E-state index is 0.0681. The van der Waals surface area contributed by atoms with E-state index >= 15 is 0 Å². The number of pyridine rings is 1. The molecule has 0 unspecified atom stereocenters. The van der Waals surface area contributed by atoms with Crippen LogP contribution in [-0.4, -0.2) is 49.4 Å². The van der Waals surface area contributed by atoms with Crippen molar-refractivity contribution < 1.29 is 19.8 Å². The Balaban J connectivity index is 1.69. The lowest BCUT2D eigenvalue weighted by atomic mass is 10.1. The summed E-state index contributed by atoms with van der Waals surface area (Å²) in [6.07, 6.45) is 5.22. The van der Waals surface area contributed by atoms with Gasteiger partial charge in [-0.25, -0.2) is 0 Å². The van der Waals surface area contributed by atoms with Gasteiger partial charge in [-0.1, -0.05) is 18.2 Å². The summed E-state index contributed by atoms with van der Waals surface area (Å²) in [5, 5.41) is 21.5. The minimum Gasteiger partial charge on any atom is -0.507 e. The number of nitrogens with zero attached hydrogens (tertiary/aromatic N) is 3. The van der Waals surface area contributed by atoms with Crippen molar-refractivity contribution in [1.82, 2.24) is 19.9 Å². The third-order valence-electron chi connectivity index (χ3n) is 5.18. The van der Waals surface area contributed by atoms with Crippen molar-refractivity contribution in [3.8, 4) is 17.0 Å². The number of carboxylic acids is 1. The molecular weight excluding hydrogens is 464 g/mol. The molecule has 0 saturated heterocycles. The molecule has 2 aromatic heterocycles. The molecule has 3 N–H and O–H groups in total. The first-order valence-electron chi connectivity index (χ1n) is 9.90. The van der Waals surface area contributed by atoms with Crippen LogP contribution < -0.4 is 10.9 Å². The number of hydrogen-bond acceptors (Lipinski definition) is 8. The summed E-state index contributed by atoms with van der Waals surface area (Å²) in [7, 11) is 0. The van der Waals surface area contributed by atoms with Gasteiger partial charge in [0.15, 0.2) is 0 Å². The highest BCUT2D eigenvalue weighted by molar-refractivity contribution is 7.98. The van der Waals surface area contributed by atoms with Gasteiger partial charge in [-0.05, 0) is 12.3 Å². The Morgan fingerprint density at radius 3 is 2.70 bits per heavy atom. The Morgan fingerprint density at radius 2 is 2.00 bits per heavy atom. The molecule has 170 valence electrons. The van der Waals surface area contributed by atoms with E-state index in [1.807, 2.05) is 30.5 Å². The lowest BCUT2D eigenvalue weighted by Gasteiger charge is -2.16. The van der Waals surface area contributed by atoms with E-state index in [1.165, 1.54) is 16.3 Å². The summed E-state index contributed by atoms with van der Waals surface area (Å²) in [5.74, 6) is -1.63. The Bertz CT molecular complexity index is 1290. The molecule has 4 rings (SSSR count). The highest BCUT2D eigenvalue weighted by Crippen LogP contribution is 2.36. The number of hydrogen-bond donors (Lipinski definition) is 3. The second kappa shape index (κ2) is 9.67. The van der Waals surface area contributed by atoms with E-state index in [0.29, 0.717) is 34.2 Å². The van der Waals surface area contributed by atoms with Crippen molar-refractivity contribution in [2.24, 2.45) is 0 Å². The maximum absolute atomic E-state index is 13.1. The molecule has 1 aliphatic heterocycles. The smallest absolute Gasteiger partial charge is 0.322 e. The molecule has 0 aliphatic carbocycles. The van der Waals surface area contributed by atoms with Crippen molar-refractivity contribution in [3.63, 3.8) is 0 Å². The first kappa shape index (κ1) is 22.9. The van der Waals surface area contributed by atoms with Gasteiger partial charge in [-0.3, -0.25) is 24.4 Å². The van der Waals surface area contributed by atoms with E-state index in [-0.39, 0.29) is 6.54 Å². The van der Waals surface area contributed by atoms with Gasteiger partial charge in [0.25, 0.3) is 11.5 Å². The van der Waals surface area contributed by atoms with Crippen LogP contribution in [0.1, 0.15) is 27.3 Å². The normalized spacial score (nSPS) is 12.4. The number of amides is 1. The van der Waals surface area contributed by atoms with Crippen LogP contribution in [0, 0.1) is 0 Å². The van der Waals surface area contributed by atoms with Crippen LogP contribution in [0.3, 0.4) is 0 Å². The number of aliphatic carboxylic acids is 1. The molecule has 9 nitrogen and oxygen atoms in total. The number of benzene rings is 1. The van der Waals surface area contributed by atoms with Gasteiger partial charge in [0.2, 0.25) is 0 Å². The third kappa shape index (κ3) is 4.60. The maximum atomic E-state index is 13.1. The summed E-state index contributed by atoms with van der Waals surface area (Å²) in [6, 6.07) is 7.85. The van der Waals surface area contributed by atoms with Crippen LogP contribution in [0.25, 0.3) is 11.3 Å². The number of carbonyl (C=O) groups is 2. The second-order valence-corrected chi connectivity index (χ2v) is 9.04. The van der Waals surface area contributed by atoms with Gasteiger partial charge in [0, 0.05) is 33.2 Å². The van der Waals surface area contributed by atoms with Crippen LogP contribution in [0.4, 0.5) is 0 Å². The number of aromatic nitrogens is 3. The predicted octanol–water partition coefficient (Wildman–Crippen LogP) is 2.34. The first-order valence-corrected chi connectivity index (χ1v) is 12.3. The molecule has 0 spiro atoms. The van der Waals surface area contributed by atoms with Crippen molar-refractivity contribution in [1.29, 1.82) is 0 Å². The topological polar surface area (TPSA) is 134 Å². The van der Waals surface area contributed by atoms with E-state index in [9.17, 15) is 19.5 Å². The molecule has 1 aromatic carbocycles. The van der Waals surface area contributed by atoms with E-state index in [2.05, 4.69) is 15.3 Å². The highest BCUT2D eigenvalue weighted by atomic mass is 32.2. The molecule has 33 heavy (non-hydrogen) atoms. The number of rotatable bonds is 7. The van der Waals surface area contributed by atoms with E-state index in [4.69, 9.17) is 5.11 Å². The van der Waals surface area contributed by atoms with Gasteiger partial charge in [0.05, 0.1) is 30.3 Å². The standard InChI is InChI=1S/C22H20N4O5S2/c1-32-17-5-3-2-4-13(17)15-7-23-12(6-24-15)9-26-16-11-33-10-14(16)20(29)19(22(26)31)21(30)25-8-18(27)28/h2-7,29H,8-11H2,1H3,(H,25,30)(H,27,28). The Labute approximate surface area is 197 Å². The molecule has 3 aromatic rings. The van der Waals surface area contributed by atoms with Crippen molar-refractivity contribution in [3.05, 3.63) is 69.5 Å². The Morgan fingerprint density at radius 1 is 1.21 bits per heavy atom. The first-order chi connectivity index (χ1) is 15.9. The zero-order valence-corrected chi connectivity index (χ0v) is 19.2. The summed E-state index contributed by atoms with van der Waals surface area (Å²) < 4.78 is 1.41. The van der Waals surface area contributed by atoms with E-state index in [0.717, 1.165) is 10.5 Å². The number of fused-ring (bicyclic) bond motifs is 1. The molecule has 0 radical (unpaired) electrons. The van der Waals surface area contributed by atoms with Crippen molar-refractivity contribution in [2.75, 3.05) is 12.8 Å². The fraction of sp³-hybridized carbons (Fsp3) is 0.227. The number of carbonyl (C=O) groups excluding carboxylic acids is 1. The highest BCUT2D eigenvalue weighted by Gasteiger charge is 2.29. The molecule has 11 heteroatoms. The van der Waals surface area contributed by atoms with Gasteiger partial charge < -0.3 is 20.1 Å². The van der Waals surface area contributed by atoms with Crippen molar-refractivity contribution in [2.45, 2.75) is 22.9 Å². The number of thioether (sulfide) groups is 2. The van der Waals surface area contributed by atoms with Gasteiger partial charge >= 0.3 is 5.97 Å². The molecule has 0 fully saturated rings. The fourth-order valence-corrected chi connectivity index (χ4v) is 5.33. The van der Waals surface area contributed by atoms with Crippen LogP contribution in [0.15, 0.2) is 46.3 Å². The van der Waals surface area contributed by atoms with Crippen LogP contribution in [-0.2, 0) is 22.8 Å². The largest absolute Gasteiger partial charge is 0.507 e. The molecular formula is C22H20N4O5S2. The minimum atomic E-state index is -1.25. The molecule has 0 atom stereocenters. The van der Waals surface area contributed by atoms with Gasteiger partial charge in [-0.15, -0.1) is 11.8 Å². The third-order valence-corrected chi connectivity index (χ3v) is 6.94. The summed E-state index contributed by atoms with van der Waals surface area (Å²) >= 11 is 3.12. The second-order valence-electron chi connectivity index (χ2n) is 7.20. The number of aromatic hydroxyl groups is 1. The molecule has 3 heterocycles. The van der Waals surface area contributed by atoms with Gasteiger partial charge in [0.1, 0.15) is 17.9 Å². The van der Waals surface area contributed by atoms with E-state index in [1.54, 1.807) is 24.2 Å². The molecule has 1 aliphatic rings. The zero-order chi connectivity index (χ0) is 23.5. The number of carboxylic acid groups (broad SMARTS) is 1. The average Bonchev–Trinajstić information content (AvgIpc) is 3.31. The van der Waals surface area contributed by atoms with Crippen molar-refractivity contribution >= 4 is 35.4 Å². The predicted molar refractivity (Wildman–Crippen MR) is 126 cm³/mol. The monoisotopic (exact) mass is 484 g/mol. The van der Waals surface area contributed by atoms with E-state index < -0.39 is 35.3 Å². The van der Waals surface area contributed by atoms with Crippen LogP contribution >= 0.6 is 23.5 Å². The van der Waals surface area contributed by atoms with Crippen LogP contribution in [0.5, 0.6) is 5.75 Å². The zero-order valence-electron chi connectivity index (χ0n) is 17.6. The average molecular weight is 485 g/mol. The molecule has 0 bridgehead atoms. The summed E-state index contributed by atoms with van der Waals surface area (Å²) in [4.78, 5) is 46.5. The number of nitrogens with one attached hydrogen (secondary N) is 1. The lowest BCUT2D eigenvalue weighted by molar-refractivity contribution is -0.135. The summed E-state index contributed by atoms with van der Waals surface area (Å²) in [5.41, 5.74) is 2.14. The maximum Gasteiger partial charge on any atom is 0.322 e.